The zero-order valence-corrected chi connectivity index (χ0v) is 19.8. The molecule has 6 rings (SSSR count). The maximum absolute atomic E-state index is 13.3. The van der Waals surface area contributed by atoms with E-state index in [9.17, 15) is 13.2 Å². The number of oxazole rings is 1. The smallest absolute Gasteiger partial charge is 0.243 e. The molecule has 4 aromatic rings. The molecular formula is C26H22N4O4S. The molecule has 0 saturated heterocycles. The minimum atomic E-state index is -3.73. The molecule has 0 saturated carbocycles. The van der Waals surface area contributed by atoms with Crippen molar-refractivity contribution >= 4 is 15.8 Å². The summed E-state index contributed by atoms with van der Waals surface area (Å²) in [7, 11) is -1.70. The van der Waals surface area contributed by atoms with Gasteiger partial charge in [-0.2, -0.15) is 4.31 Å². The van der Waals surface area contributed by atoms with E-state index in [4.69, 9.17) is 4.42 Å². The fourth-order valence-electron chi connectivity index (χ4n) is 4.77. The van der Waals surface area contributed by atoms with Crippen LogP contribution in [0.4, 0.5) is 0 Å². The van der Waals surface area contributed by atoms with Crippen LogP contribution in [0.3, 0.4) is 0 Å². The normalized spacial score (nSPS) is 15.8. The van der Waals surface area contributed by atoms with E-state index in [1.165, 1.54) is 16.8 Å². The van der Waals surface area contributed by atoms with Crippen LogP contribution >= 0.6 is 0 Å². The monoisotopic (exact) mass is 486 g/mol. The van der Waals surface area contributed by atoms with Gasteiger partial charge in [0, 0.05) is 43.5 Å². The molecule has 2 aliphatic heterocycles. The van der Waals surface area contributed by atoms with Crippen LogP contribution in [-0.4, -0.2) is 40.4 Å². The molecule has 9 heteroatoms. The number of sulfonamides is 1. The van der Waals surface area contributed by atoms with Gasteiger partial charge in [0.25, 0.3) is 0 Å². The van der Waals surface area contributed by atoms with Gasteiger partial charge < -0.3 is 4.42 Å². The van der Waals surface area contributed by atoms with Gasteiger partial charge in [0.2, 0.25) is 21.7 Å². The van der Waals surface area contributed by atoms with Gasteiger partial charge in [0.15, 0.2) is 0 Å². The Kier molecular flexibility index (Phi) is 5.14. The summed E-state index contributed by atoms with van der Waals surface area (Å²) in [6.45, 7) is 1.95. The standard InChI is InChI=1S/C26H22N4O4S/c1-29-13-18-3-2-4-22(23(18)16-29)25(31)24-11-19-14-30(15-20(19)12-28-24)35(32,33)21-7-5-17(6-8-21)26-27-9-10-34-26/h2-12H,13-16H2,1H3. The molecule has 0 bridgehead atoms. The maximum atomic E-state index is 13.3. The summed E-state index contributed by atoms with van der Waals surface area (Å²) in [6.07, 6.45) is 4.63. The number of hydrogen-bond donors (Lipinski definition) is 0. The molecule has 0 unspecified atom stereocenters. The lowest BCUT2D eigenvalue weighted by Crippen LogP contribution is -2.25. The lowest BCUT2D eigenvalue weighted by atomic mass is 9.97. The highest BCUT2D eigenvalue weighted by atomic mass is 32.2. The van der Waals surface area contributed by atoms with E-state index in [1.807, 2.05) is 25.2 Å². The fourth-order valence-corrected chi connectivity index (χ4v) is 6.16. The third kappa shape index (κ3) is 3.78. The summed E-state index contributed by atoms with van der Waals surface area (Å²) in [4.78, 5) is 24.2. The van der Waals surface area contributed by atoms with E-state index < -0.39 is 10.0 Å². The van der Waals surface area contributed by atoms with E-state index in [2.05, 4.69) is 14.9 Å². The van der Waals surface area contributed by atoms with Gasteiger partial charge >= 0.3 is 0 Å². The quantitative estimate of drug-likeness (QED) is 0.398. The molecule has 0 radical (unpaired) electrons. The van der Waals surface area contributed by atoms with Crippen LogP contribution in [0.2, 0.25) is 0 Å². The Labute approximate surface area is 202 Å². The van der Waals surface area contributed by atoms with Crippen LogP contribution in [0.15, 0.2) is 76.5 Å². The zero-order chi connectivity index (χ0) is 24.2. The van der Waals surface area contributed by atoms with Crippen LogP contribution in [0, 0.1) is 0 Å². The predicted octanol–water partition coefficient (Wildman–Crippen LogP) is 3.62. The minimum Gasteiger partial charge on any atom is -0.445 e. The second-order valence-corrected chi connectivity index (χ2v) is 10.9. The van der Waals surface area contributed by atoms with Crippen molar-refractivity contribution in [3.63, 3.8) is 0 Å². The predicted molar refractivity (Wildman–Crippen MR) is 128 cm³/mol. The molecular weight excluding hydrogens is 464 g/mol. The highest BCUT2D eigenvalue weighted by Crippen LogP contribution is 2.31. The number of hydrogen-bond acceptors (Lipinski definition) is 7. The van der Waals surface area contributed by atoms with Crippen LogP contribution in [-0.2, 0) is 36.2 Å². The average Bonchev–Trinajstić information content (AvgIpc) is 3.62. The van der Waals surface area contributed by atoms with E-state index >= 15 is 0 Å². The van der Waals surface area contributed by atoms with Crippen molar-refractivity contribution in [3.8, 4) is 11.5 Å². The third-order valence-electron chi connectivity index (χ3n) is 6.57. The molecule has 0 N–H and O–H groups in total. The summed E-state index contributed by atoms with van der Waals surface area (Å²) in [6, 6.07) is 14.0. The first-order chi connectivity index (χ1) is 16.9. The van der Waals surface area contributed by atoms with Crippen LogP contribution in [0.1, 0.15) is 38.3 Å². The number of ketones is 1. The van der Waals surface area contributed by atoms with Crippen molar-refractivity contribution in [1.29, 1.82) is 0 Å². The fraction of sp³-hybridized carbons (Fsp3) is 0.192. The van der Waals surface area contributed by atoms with Gasteiger partial charge in [-0.1, -0.05) is 18.2 Å². The number of rotatable bonds is 5. The largest absolute Gasteiger partial charge is 0.445 e. The number of nitrogens with zero attached hydrogens (tertiary/aromatic N) is 4. The molecule has 0 aliphatic carbocycles. The Hall–Kier alpha value is -3.66. The SMILES string of the molecule is CN1Cc2cccc(C(=O)c3cc4c(cn3)CN(S(=O)(=O)c3ccc(-c5ncco5)cc3)C4)c2C1. The van der Waals surface area contributed by atoms with Crippen LogP contribution in [0.5, 0.6) is 0 Å². The van der Waals surface area contributed by atoms with Crippen molar-refractivity contribution in [1.82, 2.24) is 19.2 Å². The first-order valence-corrected chi connectivity index (χ1v) is 12.7. The molecule has 8 nitrogen and oxygen atoms in total. The Balaban J connectivity index is 1.24. The Morgan fingerprint density at radius 2 is 1.74 bits per heavy atom. The van der Waals surface area contributed by atoms with Crippen molar-refractivity contribution in [2.75, 3.05) is 7.05 Å². The molecule has 0 atom stereocenters. The second-order valence-electron chi connectivity index (χ2n) is 8.92. The number of pyridine rings is 1. The van der Waals surface area contributed by atoms with Gasteiger partial charge in [-0.3, -0.25) is 14.7 Å². The highest BCUT2D eigenvalue weighted by molar-refractivity contribution is 7.89. The molecule has 2 aromatic carbocycles. The van der Waals surface area contributed by atoms with Crippen LogP contribution in [0.25, 0.3) is 11.5 Å². The third-order valence-corrected chi connectivity index (χ3v) is 8.37. The van der Waals surface area contributed by atoms with E-state index in [-0.39, 0.29) is 23.8 Å². The van der Waals surface area contributed by atoms with Gasteiger partial charge in [0.05, 0.1) is 11.1 Å². The average molecular weight is 487 g/mol. The molecule has 4 heterocycles. The topological polar surface area (TPSA) is 96.6 Å². The molecule has 176 valence electrons. The minimum absolute atomic E-state index is 0.136. The summed E-state index contributed by atoms with van der Waals surface area (Å²) in [5.41, 5.74) is 5.50. The number of fused-ring (bicyclic) bond motifs is 2. The van der Waals surface area contributed by atoms with Crippen molar-refractivity contribution in [3.05, 3.63) is 101 Å². The van der Waals surface area contributed by atoms with E-state index in [0.717, 1.165) is 35.3 Å². The van der Waals surface area contributed by atoms with Gasteiger partial charge in [-0.25, -0.2) is 13.4 Å². The van der Waals surface area contributed by atoms with E-state index in [0.29, 0.717) is 22.7 Å². The number of aromatic nitrogens is 2. The maximum Gasteiger partial charge on any atom is 0.243 e. The Bertz CT molecular complexity index is 1550. The van der Waals surface area contributed by atoms with Gasteiger partial charge in [-0.05, 0) is 59.6 Å². The number of benzene rings is 2. The van der Waals surface area contributed by atoms with Crippen molar-refractivity contribution in [2.24, 2.45) is 0 Å². The summed E-state index contributed by atoms with van der Waals surface area (Å²) in [5, 5.41) is 0. The molecule has 0 amide bonds. The highest BCUT2D eigenvalue weighted by Gasteiger charge is 2.32. The summed E-state index contributed by atoms with van der Waals surface area (Å²) in [5.74, 6) is 0.296. The van der Waals surface area contributed by atoms with E-state index in [1.54, 1.807) is 36.5 Å². The molecule has 2 aliphatic rings. The number of carbonyl (C=O) groups is 1. The molecule has 0 spiro atoms. The van der Waals surface area contributed by atoms with Crippen molar-refractivity contribution in [2.45, 2.75) is 31.1 Å². The molecule has 2 aromatic heterocycles. The second kappa shape index (κ2) is 8.23. The molecule has 0 fully saturated rings. The lowest BCUT2D eigenvalue weighted by molar-refractivity contribution is 0.103. The summed E-state index contributed by atoms with van der Waals surface area (Å²) >= 11 is 0. The molecule has 35 heavy (non-hydrogen) atoms. The zero-order valence-electron chi connectivity index (χ0n) is 19.0. The summed E-state index contributed by atoms with van der Waals surface area (Å²) < 4.78 is 33.3. The first kappa shape index (κ1) is 21.8. The first-order valence-electron chi connectivity index (χ1n) is 11.2. The number of carbonyl (C=O) groups excluding carboxylic acids is 1. The van der Waals surface area contributed by atoms with Gasteiger partial charge in [0.1, 0.15) is 12.0 Å². The Morgan fingerprint density at radius 1 is 0.943 bits per heavy atom. The lowest BCUT2D eigenvalue weighted by Gasteiger charge is -2.15. The van der Waals surface area contributed by atoms with Crippen molar-refractivity contribution < 1.29 is 17.6 Å². The Morgan fingerprint density at radius 3 is 2.51 bits per heavy atom. The van der Waals surface area contributed by atoms with Crippen LogP contribution < -0.4 is 0 Å². The van der Waals surface area contributed by atoms with Gasteiger partial charge in [-0.15, -0.1) is 0 Å².